The molecule has 4 rings (SSSR count). The Balaban J connectivity index is 1.27. The number of aromatic nitrogens is 2. The van der Waals surface area contributed by atoms with Crippen molar-refractivity contribution in [3.63, 3.8) is 0 Å². The van der Waals surface area contributed by atoms with Crippen molar-refractivity contribution in [3.8, 4) is 11.4 Å². The van der Waals surface area contributed by atoms with Gasteiger partial charge in [0.05, 0.1) is 19.2 Å². The summed E-state index contributed by atoms with van der Waals surface area (Å²) in [5.74, 6) is 0.698. The molecule has 1 N–H and O–H groups in total. The summed E-state index contributed by atoms with van der Waals surface area (Å²) in [6, 6.07) is 15.0. The molecule has 0 radical (unpaired) electrons. The molecule has 0 saturated carbocycles. The lowest BCUT2D eigenvalue weighted by molar-refractivity contribution is -0.121. The van der Waals surface area contributed by atoms with Gasteiger partial charge in [-0.05, 0) is 61.2 Å². The van der Waals surface area contributed by atoms with E-state index in [1.54, 1.807) is 24.3 Å². The van der Waals surface area contributed by atoms with Gasteiger partial charge in [0.15, 0.2) is 0 Å². The van der Waals surface area contributed by atoms with Crippen LogP contribution in [0.25, 0.3) is 11.4 Å². The maximum absolute atomic E-state index is 12.7. The molecule has 1 aromatic heterocycles. The van der Waals surface area contributed by atoms with Gasteiger partial charge in [-0.15, -0.1) is 0 Å². The molecule has 1 aliphatic rings. The van der Waals surface area contributed by atoms with Crippen LogP contribution in [0.3, 0.4) is 0 Å². The van der Waals surface area contributed by atoms with Crippen molar-refractivity contribution < 1.29 is 18.8 Å². The smallest absolute Gasteiger partial charge is 0.337 e. The minimum absolute atomic E-state index is 0.00533. The number of carbonyl (C=O) groups excluding carboxylic acids is 2. The Bertz CT molecular complexity index is 1160. The zero-order valence-corrected chi connectivity index (χ0v) is 20.7. The normalized spacial score (nSPS) is 15.1. The average Bonchev–Trinajstić information content (AvgIpc) is 3.32. The summed E-state index contributed by atoms with van der Waals surface area (Å²) in [5, 5.41) is 7.09. The Morgan fingerprint density at radius 1 is 1.06 bits per heavy atom. The molecule has 184 valence electrons. The number of nitrogens with one attached hydrogen (secondary N) is 1. The van der Waals surface area contributed by atoms with Crippen molar-refractivity contribution in [3.05, 3.63) is 65.5 Å². The number of piperidine rings is 1. The summed E-state index contributed by atoms with van der Waals surface area (Å²) in [5.41, 5.74) is 3.40. The molecule has 1 amide bonds. The zero-order valence-electron chi connectivity index (χ0n) is 20.7. The molecule has 0 bridgehead atoms. The molecule has 0 aliphatic carbocycles. The number of benzene rings is 2. The van der Waals surface area contributed by atoms with Crippen LogP contribution in [0.2, 0.25) is 0 Å². The van der Waals surface area contributed by atoms with Crippen molar-refractivity contribution in [2.45, 2.75) is 45.6 Å². The van der Waals surface area contributed by atoms with Crippen LogP contribution >= 0.6 is 0 Å². The Kier molecular flexibility index (Phi) is 7.31. The number of anilines is 1. The van der Waals surface area contributed by atoms with Gasteiger partial charge in [-0.2, -0.15) is 4.98 Å². The molecule has 0 unspecified atom stereocenters. The van der Waals surface area contributed by atoms with Crippen molar-refractivity contribution in [2.75, 3.05) is 25.5 Å². The molecule has 3 aromatic rings. The SMILES string of the molecule is COC(=O)c1ccc(NC(=O)C2CCN(Cc3nc(-c4ccc(C(C)(C)C)cc4)no3)CC2)cc1. The zero-order chi connectivity index (χ0) is 25.0. The maximum atomic E-state index is 12.7. The van der Waals surface area contributed by atoms with Gasteiger partial charge in [-0.25, -0.2) is 4.79 Å². The summed E-state index contributed by atoms with van der Waals surface area (Å²) in [4.78, 5) is 31.0. The minimum Gasteiger partial charge on any atom is -0.465 e. The van der Waals surface area contributed by atoms with Crippen molar-refractivity contribution >= 4 is 17.6 Å². The lowest BCUT2D eigenvalue weighted by Gasteiger charge is -2.30. The van der Waals surface area contributed by atoms with Crippen LogP contribution in [0, 0.1) is 5.92 Å². The molecule has 1 saturated heterocycles. The van der Waals surface area contributed by atoms with Gasteiger partial charge in [0.2, 0.25) is 17.6 Å². The molecule has 35 heavy (non-hydrogen) atoms. The van der Waals surface area contributed by atoms with Gasteiger partial charge in [0, 0.05) is 17.2 Å². The standard InChI is InChI=1S/C27H32N4O4/c1-27(2,3)21-9-5-18(6-10-21)24-29-23(35-30-24)17-31-15-13-19(14-16-31)25(32)28-22-11-7-20(8-12-22)26(33)34-4/h5-12,19H,13-17H2,1-4H3,(H,28,32). The molecule has 8 nitrogen and oxygen atoms in total. The summed E-state index contributed by atoms with van der Waals surface area (Å²) in [7, 11) is 1.34. The quantitative estimate of drug-likeness (QED) is 0.516. The highest BCUT2D eigenvalue weighted by molar-refractivity contribution is 5.94. The van der Waals surface area contributed by atoms with E-state index in [-0.39, 0.29) is 17.2 Å². The fourth-order valence-electron chi connectivity index (χ4n) is 4.15. The van der Waals surface area contributed by atoms with Crippen molar-refractivity contribution in [2.24, 2.45) is 5.92 Å². The highest BCUT2D eigenvalue weighted by atomic mass is 16.5. The molecule has 0 atom stereocenters. The molecule has 8 heteroatoms. The molecule has 0 spiro atoms. The number of likely N-dealkylation sites (tertiary alicyclic amines) is 1. The van der Waals surface area contributed by atoms with Gasteiger partial charge in [-0.1, -0.05) is 50.2 Å². The number of esters is 1. The Morgan fingerprint density at radius 2 is 1.71 bits per heavy atom. The van der Waals surface area contributed by atoms with Gasteiger partial charge < -0.3 is 14.6 Å². The Labute approximate surface area is 205 Å². The second kappa shape index (κ2) is 10.4. The first kappa shape index (κ1) is 24.6. The Hall–Kier alpha value is -3.52. The third kappa shape index (κ3) is 6.14. The summed E-state index contributed by atoms with van der Waals surface area (Å²) < 4.78 is 10.2. The summed E-state index contributed by atoms with van der Waals surface area (Å²) >= 11 is 0. The molecule has 2 aromatic carbocycles. The number of rotatable bonds is 6. The van der Waals surface area contributed by atoms with E-state index in [0.717, 1.165) is 31.5 Å². The van der Waals surface area contributed by atoms with Gasteiger partial charge >= 0.3 is 5.97 Å². The predicted octanol–water partition coefficient (Wildman–Crippen LogP) is 4.67. The second-order valence-corrected chi connectivity index (χ2v) is 9.95. The highest BCUT2D eigenvalue weighted by Crippen LogP contribution is 2.26. The van der Waals surface area contributed by atoms with Crippen LogP contribution < -0.4 is 5.32 Å². The molecule has 1 fully saturated rings. The van der Waals surface area contributed by atoms with Gasteiger partial charge in [-0.3, -0.25) is 9.69 Å². The van der Waals surface area contributed by atoms with Crippen LogP contribution in [0.4, 0.5) is 5.69 Å². The van der Waals surface area contributed by atoms with E-state index in [0.29, 0.717) is 29.5 Å². The summed E-state index contributed by atoms with van der Waals surface area (Å²) in [6.07, 6.45) is 1.50. The third-order valence-electron chi connectivity index (χ3n) is 6.37. The highest BCUT2D eigenvalue weighted by Gasteiger charge is 2.26. The first-order valence-electron chi connectivity index (χ1n) is 11.9. The van der Waals surface area contributed by atoms with E-state index < -0.39 is 5.97 Å². The minimum atomic E-state index is -0.401. The van der Waals surface area contributed by atoms with E-state index >= 15 is 0 Å². The second-order valence-electron chi connectivity index (χ2n) is 9.95. The van der Waals surface area contributed by atoms with E-state index in [9.17, 15) is 9.59 Å². The van der Waals surface area contributed by atoms with E-state index in [1.165, 1.54) is 12.7 Å². The number of ether oxygens (including phenoxy) is 1. The van der Waals surface area contributed by atoms with Gasteiger partial charge in [0.1, 0.15) is 0 Å². The van der Waals surface area contributed by atoms with E-state index in [1.807, 2.05) is 12.1 Å². The monoisotopic (exact) mass is 476 g/mol. The molecule has 1 aliphatic heterocycles. The van der Waals surface area contributed by atoms with Crippen LogP contribution in [0.15, 0.2) is 53.1 Å². The fraction of sp³-hybridized carbons (Fsp3) is 0.407. The maximum Gasteiger partial charge on any atom is 0.337 e. The lowest BCUT2D eigenvalue weighted by atomic mass is 9.87. The van der Waals surface area contributed by atoms with E-state index in [4.69, 9.17) is 9.26 Å². The van der Waals surface area contributed by atoms with Crippen LogP contribution in [0.5, 0.6) is 0 Å². The first-order valence-corrected chi connectivity index (χ1v) is 11.9. The molecular formula is C27H32N4O4. The number of hydrogen-bond acceptors (Lipinski definition) is 7. The fourth-order valence-corrected chi connectivity index (χ4v) is 4.15. The average molecular weight is 477 g/mol. The Morgan fingerprint density at radius 3 is 2.31 bits per heavy atom. The summed E-state index contributed by atoms with van der Waals surface area (Å²) in [6.45, 7) is 8.67. The van der Waals surface area contributed by atoms with Crippen LogP contribution in [-0.2, 0) is 21.5 Å². The largest absolute Gasteiger partial charge is 0.465 e. The topological polar surface area (TPSA) is 97.6 Å². The van der Waals surface area contributed by atoms with Crippen LogP contribution in [0.1, 0.15) is 55.4 Å². The van der Waals surface area contributed by atoms with Crippen molar-refractivity contribution in [1.29, 1.82) is 0 Å². The van der Waals surface area contributed by atoms with Crippen LogP contribution in [-0.4, -0.2) is 47.1 Å². The molecular weight excluding hydrogens is 444 g/mol. The lowest BCUT2D eigenvalue weighted by Crippen LogP contribution is -2.37. The number of nitrogens with zero attached hydrogens (tertiary/aromatic N) is 3. The van der Waals surface area contributed by atoms with Gasteiger partial charge in [0.25, 0.3) is 0 Å². The molecule has 2 heterocycles. The first-order chi connectivity index (χ1) is 16.7. The van der Waals surface area contributed by atoms with Crippen molar-refractivity contribution in [1.82, 2.24) is 15.0 Å². The number of amides is 1. The van der Waals surface area contributed by atoms with E-state index in [2.05, 4.69) is 53.3 Å². The number of carbonyl (C=O) groups is 2. The third-order valence-corrected chi connectivity index (χ3v) is 6.37. The number of methoxy groups -OCH3 is 1. The predicted molar refractivity (Wildman–Crippen MR) is 133 cm³/mol. The number of hydrogen-bond donors (Lipinski definition) is 1.